The number of nitrogen functional groups attached to an aromatic ring is 1. The van der Waals surface area contributed by atoms with Gasteiger partial charge < -0.3 is 11.1 Å². The van der Waals surface area contributed by atoms with Crippen molar-refractivity contribution in [2.75, 3.05) is 11.1 Å². The zero-order valence-corrected chi connectivity index (χ0v) is 12.9. The first-order chi connectivity index (χ1) is 10.5. The molecule has 2 aromatic carbocycles. The first kappa shape index (κ1) is 14.7. The quantitative estimate of drug-likeness (QED) is 0.719. The van der Waals surface area contributed by atoms with Gasteiger partial charge in [-0.1, -0.05) is 29.3 Å². The second-order valence-corrected chi connectivity index (χ2v) is 5.58. The summed E-state index contributed by atoms with van der Waals surface area (Å²) in [6, 6.07) is 10.5. The number of halogens is 2. The van der Waals surface area contributed by atoms with Gasteiger partial charge in [0, 0.05) is 11.1 Å². The zero-order chi connectivity index (χ0) is 15.7. The number of nitrogens with one attached hydrogen (secondary N) is 1. The minimum atomic E-state index is -0.276. The Hall–Kier alpha value is -2.24. The van der Waals surface area contributed by atoms with Crippen molar-refractivity contribution >= 4 is 51.4 Å². The Labute approximate surface area is 136 Å². The van der Waals surface area contributed by atoms with Crippen LogP contribution >= 0.6 is 23.2 Å². The molecule has 3 rings (SSSR count). The summed E-state index contributed by atoms with van der Waals surface area (Å²) >= 11 is 12.1. The third-order valence-electron chi connectivity index (χ3n) is 3.19. The fourth-order valence-corrected chi connectivity index (χ4v) is 2.64. The van der Waals surface area contributed by atoms with Crippen LogP contribution in [0.4, 0.5) is 11.4 Å². The van der Waals surface area contributed by atoms with E-state index in [1.165, 1.54) is 0 Å². The average molecular weight is 335 g/mol. The first-order valence-corrected chi connectivity index (χ1v) is 7.25. The molecule has 1 amide bonds. The molecule has 0 saturated heterocycles. The van der Waals surface area contributed by atoms with Crippen molar-refractivity contribution in [2.45, 2.75) is 6.54 Å². The number of aromatic nitrogens is 2. The molecule has 0 bridgehead atoms. The monoisotopic (exact) mass is 334 g/mol. The molecule has 0 atom stereocenters. The Kier molecular flexibility index (Phi) is 3.92. The molecule has 0 aliphatic heterocycles. The highest BCUT2D eigenvalue weighted by atomic mass is 35.5. The van der Waals surface area contributed by atoms with Crippen molar-refractivity contribution in [1.82, 2.24) is 9.78 Å². The van der Waals surface area contributed by atoms with Crippen LogP contribution in [0.15, 0.2) is 42.6 Å². The molecule has 22 heavy (non-hydrogen) atoms. The molecule has 7 heteroatoms. The molecule has 3 aromatic rings. The first-order valence-electron chi connectivity index (χ1n) is 6.49. The van der Waals surface area contributed by atoms with E-state index in [-0.39, 0.29) is 12.5 Å². The predicted molar refractivity (Wildman–Crippen MR) is 89.2 cm³/mol. The number of amides is 1. The standard InChI is InChI=1S/C15H12Cl2N4O/c16-11-2-1-3-12(17)15(11)20-14(22)8-21-13-6-10(18)5-4-9(13)7-19-21/h1-7H,8,18H2,(H,20,22). The van der Waals surface area contributed by atoms with E-state index in [0.29, 0.717) is 21.4 Å². The van der Waals surface area contributed by atoms with Crippen molar-refractivity contribution in [1.29, 1.82) is 0 Å². The largest absolute Gasteiger partial charge is 0.399 e. The fourth-order valence-electron chi connectivity index (χ4n) is 2.15. The van der Waals surface area contributed by atoms with Gasteiger partial charge in [-0.2, -0.15) is 5.10 Å². The lowest BCUT2D eigenvalue weighted by Gasteiger charge is -2.09. The summed E-state index contributed by atoms with van der Waals surface area (Å²) in [4.78, 5) is 12.2. The Bertz CT molecular complexity index is 840. The van der Waals surface area contributed by atoms with E-state index in [1.807, 2.05) is 6.07 Å². The molecule has 0 radical (unpaired) electrons. The van der Waals surface area contributed by atoms with E-state index < -0.39 is 0 Å². The number of hydrogen-bond acceptors (Lipinski definition) is 3. The zero-order valence-electron chi connectivity index (χ0n) is 11.4. The van der Waals surface area contributed by atoms with Crippen LogP contribution in [-0.4, -0.2) is 15.7 Å². The minimum absolute atomic E-state index is 0.0362. The smallest absolute Gasteiger partial charge is 0.246 e. The second kappa shape index (κ2) is 5.87. The van der Waals surface area contributed by atoms with Crippen molar-refractivity contribution in [3.05, 3.63) is 52.6 Å². The van der Waals surface area contributed by atoms with Gasteiger partial charge in [0.15, 0.2) is 0 Å². The van der Waals surface area contributed by atoms with Crippen LogP contribution in [0, 0.1) is 0 Å². The summed E-state index contributed by atoms with van der Waals surface area (Å²) in [7, 11) is 0. The number of para-hydroxylation sites is 1. The molecular formula is C15H12Cl2N4O. The normalized spacial score (nSPS) is 10.8. The van der Waals surface area contributed by atoms with E-state index in [9.17, 15) is 4.79 Å². The highest BCUT2D eigenvalue weighted by molar-refractivity contribution is 6.39. The summed E-state index contributed by atoms with van der Waals surface area (Å²) in [5.74, 6) is -0.276. The maximum Gasteiger partial charge on any atom is 0.246 e. The van der Waals surface area contributed by atoms with Crippen molar-refractivity contribution in [2.24, 2.45) is 0 Å². The number of rotatable bonds is 3. The molecule has 3 N–H and O–H groups in total. The van der Waals surface area contributed by atoms with Gasteiger partial charge in [-0.3, -0.25) is 9.48 Å². The second-order valence-electron chi connectivity index (χ2n) is 4.77. The van der Waals surface area contributed by atoms with Crippen LogP contribution < -0.4 is 11.1 Å². The van der Waals surface area contributed by atoms with Crippen molar-refractivity contribution in [3.8, 4) is 0 Å². The maximum atomic E-state index is 12.2. The molecule has 112 valence electrons. The van der Waals surface area contributed by atoms with Crippen LogP contribution in [-0.2, 0) is 11.3 Å². The van der Waals surface area contributed by atoms with E-state index in [1.54, 1.807) is 41.2 Å². The van der Waals surface area contributed by atoms with Gasteiger partial charge in [0.25, 0.3) is 0 Å². The summed E-state index contributed by atoms with van der Waals surface area (Å²) < 4.78 is 1.58. The number of anilines is 2. The van der Waals surface area contributed by atoms with E-state index in [4.69, 9.17) is 28.9 Å². The minimum Gasteiger partial charge on any atom is -0.399 e. The summed E-state index contributed by atoms with van der Waals surface area (Å²) in [5, 5.41) is 8.58. The lowest BCUT2D eigenvalue weighted by atomic mass is 10.2. The Morgan fingerprint density at radius 2 is 1.95 bits per heavy atom. The number of nitrogens with two attached hydrogens (primary N) is 1. The van der Waals surface area contributed by atoms with Crippen LogP contribution in [0.25, 0.3) is 10.9 Å². The molecule has 0 fully saturated rings. The average Bonchev–Trinajstić information content (AvgIpc) is 2.85. The third-order valence-corrected chi connectivity index (χ3v) is 3.82. The van der Waals surface area contributed by atoms with Crippen molar-refractivity contribution < 1.29 is 4.79 Å². The summed E-state index contributed by atoms with van der Waals surface area (Å²) in [6.07, 6.45) is 1.69. The van der Waals surface area contributed by atoms with Gasteiger partial charge in [0.05, 0.1) is 27.4 Å². The van der Waals surface area contributed by atoms with Gasteiger partial charge in [-0.15, -0.1) is 0 Å². The Morgan fingerprint density at radius 3 is 2.68 bits per heavy atom. The fraction of sp³-hybridized carbons (Fsp3) is 0.0667. The number of hydrogen-bond donors (Lipinski definition) is 2. The van der Waals surface area contributed by atoms with Crippen molar-refractivity contribution in [3.63, 3.8) is 0 Å². The van der Waals surface area contributed by atoms with Crippen LogP contribution in [0.1, 0.15) is 0 Å². The molecule has 0 unspecified atom stereocenters. The molecule has 5 nitrogen and oxygen atoms in total. The molecule has 0 spiro atoms. The molecule has 1 heterocycles. The highest BCUT2D eigenvalue weighted by Gasteiger charge is 2.12. The molecule has 0 saturated carbocycles. The van der Waals surface area contributed by atoms with Crippen LogP contribution in [0.2, 0.25) is 10.0 Å². The van der Waals surface area contributed by atoms with E-state index in [2.05, 4.69) is 10.4 Å². The predicted octanol–water partition coefficient (Wildman–Crippen LogP) is 3.56. The maximum absolute atomic E-state index is 12.2. The third kappa shape index (κ3) is 2.86. The molecule has 0 aliphatic rings. The molecule has 1 aromatic heterocycles. The van der Waals surface area contributed by atoms with Gasteiger partial charge in [0.2, 0.25) is 5.91 Å². The van der Waals surface area contributed by atoms with Gasteiger partial charge >= 0.3 is 0 Å². The summed E-state index contributed by atoms with van der Waals surface area (Å²) in [5.41, 5.74) is 7.57. The van der Waals surface area contributed by atoms with Crippen LogP contribution in [0.5, 0.6) is 0 Å². The molecular weight excluding hydrogens is 323 g/mol. The number of carbonyl (C=O) groups excluding carboxylic acids is 1. The summed E-state index contributed by atoms with van der Waals surface area (Å²) in [6.45, 7) is 0.0362. The van der Waals surface area contributed by atoms with Gasteiger partial charge in [-0.25, -0.2) is 0 Å². The van der Waals surface area contributed by atoms with Gasteiger partial charge in [-0.05, 0) is 30.3 Å². The lowest BCUT2D eigenvalue weighted by Crippen LogP contribution is -2.19. The lowest BCUT2D eigenvalue weighted by molar-refractivity contribution is -0.116. The number of benzene rings is 2. The van der Waals surface area contributed by atoms with E-state index >= 15 is 0 Å². The van der Waals surface area contributed by atoms with E-state index in [0.717, 1.165) is 10.9 Å². The number of nitrogens with zero attached hydrogens (tertiary/aromatic N) is 2. The Morgan fingerprint density at radius 1 is 1.23 bits per heavy atom. The highest BCUT2D eigenvalue weighted by Crippen LogP contribution is 2.29. The number of fused-ring (bicyclic) bond motifs is 1. The SMILES string of the molecule is Nc1ccc2cnn(CC(=O)Nc3c(Cl)cccc3Cl)c2c1. The van der Waals surface area contributed by atoms with Gasteiger partial charge in [0.1, 0.15) is 6.54 Å². The number of carbonyl (C=O) groups is 1. The Balaban J connectivity index is 1.83. The topological polar surface area (TPSA) is 72.9 Å². The molecule has 0 aliphatic carbocycles. The van der Waals surface area contributed by atoms with Crippen LogP contribution in [0.3, 0.4) is 0 Å².